The molecule has 2 aliphatic rings. The number of rotatable bonds is 4. The molecule has 0 fully saturated rings. The van der Waals surface area contributed by atoms with Gasteiger partial charge in [-0.1, -0.05) is 12.1 Å². The van der Waals surface area contributed by atoms with Crippen LogP contribution in [0.1, 0.15) is 29.7 Å². The van der Waals surface area contributed by atoms with Crippen molar-refractivity contribution in [2.75, 3.05) is 19.5 Å². The Hall–Kier alpha value is -3.55. The number of methoxy groups -OCH3 is 2. The molecule has 5 rings (SSSR count). The normalized spacial score (nSPS) is 22.9. The molecule has 3 heterocycles. The molecule has 1 aliphatic heterocycles. The summed E-state index contributed by atoms with van der Waals surface area (Å²) in [5, 5.41) is 7.60. The summed E-state index contributed by atoms with van der Waals surface area (Å²) < 4.78 is 18.1. The predicted octanol–water partition coefficient (Wildman–Crippen LogP) is 3.16. The molecular weight excluding hydrogens is 372 g/mol. The summed E-state index contributed by atoms with van der Waals surface area (Å²) in [6.45, 7) is 0. The Morgan fingerprint density at radius 3 is 2.83 bits per heavy atom. The fourth-order valence-electron chi connectivity index (χ4n) is 4.22. The summed E-state index contributed by atoms with van der Waals surface area (Å²) >= 11 is 0. The van der Waals surface area contributed by atoms with E-state index >= 15 is 0 Å². The lowest BCUT2D eigenvalue weighted by molar-refractivity contribution is -0.123. The van der Waals surface area contributed by atoms with Crippen LogP contribution in [0.25, 0.3) is 0 Å². The van der Waals surface area contributed by atoms with Crippen molar-refractivity contribution in [1.29, 1.82) is 0 Å². The highest BCUT2D eigenvalue weighted by molar-refractivity contribution is 5.88. The molecule has 0 saturated carbocycles. The second-order valence-corrected chi connectivity index (χ2v) is 7.10. The number of fused-ring (bicyclic) bond motifs is 2. The van der Waals surface area contributed by atoms with Crippen molar-refractivity contribution in [2.24, 2.45) is 5.92 Å². The SMILES string of the molecule is COc1ccc([C@@H]2C=C3Nc4ncnn4[C@H](c4ccco4)[C@H]3C(=O)C2)cc1OC. The zero-order valence-electron chi connectivity index (χ0n) is 16.0. The highest BCUT2D eigenvalue weighted by atomic mass is 16.5. The van der Waals surface area contributed by atoms with Crippen molar-refractivity contribution in [3.8, 4) is 11.5 Å². The molecule has 2 aromatic heterocycles. The summed E-state index contributed by atoms with van der Waals surface area (Å²) in [6, 6.07) is 9.08. The van der Waals surface area contributed by atoms with Gasteiger partial charge >= 0.3 is 0 Å². The van der Waals surface area contributed by atoms with E-state index in [-0.39, 0.29) is 17.7 Å². The maximum absolute atomic E-state index is 13.3. The zero-order valence-corrected chi connectivity index (χ0v) is 16.0. The van der Waals surface area contributed by atoms with E-state index in [2.05, 4.69) is 21.5 Å². The first kappa shape index (κ1) is 17.5. The fraction of sp³-hybridized carbons (Fsp3) is 0.286. The first-order valence-corrected chi connectivity index (χ1v) is 9.36. The number of hydrogen-bond acceptors (Lipinski definition) is 7. The summed E-state index contributed by atoms with van der Waals surface area (Å²) in [5.41, 5.74) is 1.81. The summed E-state index contributed by atoms with van der Waals surface area (Å²) in [6.07, 6.45) is 5.57. The first-order valence-electron chi connectivity index (χ1n) is 9.36. The number of ether oxygens (including phenoxy) is 2. The van der Waals surface area contributed by atoms with Gasteiger partial charge in [0, 0.05) is 18.0 Å². The average molecular weight is 392 g/mol. The third-order valence-electron chi connectivity index (χ3n) is 5.56. The summed E-state index contributed by atoms with van der Waals surface area (Å²) in [4.78, 5) is 17.6. The molecule has 0 radical (unpaired) electrons. The number of nitrogens with one attached hydrogen (secondary N) is 1. The lowest BCUT2D eigenvalue weighted by Crippen LogP contribution is -2.39. The third-order valence-corrected chi connectivity index (χ3v) is 5.56. The molecule has 8 heteroatoms. The van der Waals surface area contributed by atoms with E-state index in [1.807, 2.05) is 30.3 Å². The zero-order chi connectivity index (χ0) is 20.0. The van der Waals surface area contributed by atoms with Gasteiger partial charge in [0.2, 0.25) is 5.95 Å². The number of benzene rings is 1. The number of nitrogens with zero attached hydrogens (tertiary/aromatic N) is 3. The molecule has 0 bridgehead atoms. The maximum Gasteiger partial charge on any atom is 0.226 e. The van der Waals surface area contributed by atoms with Gasteiger partial charge in [0.25, 0.3) is 0 Å². The van der Waals surface area contributed by atoms with E-state index in [0.29, 0.717) is 29.6 Å². The van der Waals surface area contributed by atoms with Gasteiger partial charge in [0.15, 0.2) is 11.5 Å². The van der Waals surface area contributed by atoms with Crippen LogP contribution in [0, 0.1) is 5.92 Å². The van der Waals surface area contributed by atoms with Gasteiger partial charge in [-0.05, 0) is 29.8 Å². The summed E-state index contributed by atoms with van der Waals surface area (Å²) in [7, 11) is 3.21. The second kappa shape index (κ2) is 6.80. The van der Waals surface area contributed by atoms with Gasteiger partial charge in [0.05, 0.1) is 26.4 Å². The smallest absolute Gasteiger partial charge is 0.226 e. The molecule has 3 aromatic rings. The molecule has 3 atom stereocenters. The van der Waals surface area contributed by atoms with Crippen molar-refractivity contribution < 1.29 is 18.7 Å². The molecule has 0 unspecified atom stereocenters. The van der Waals surface area contributed by atoms with Crippen LogP contribution in [0.15, 0.2) is 59.1 Å². The van der Waals surface area contributed by atoms with E-state index in [9.17, 15) is 4.79 Å². The van der Waals surface area contributed by atoms with E-state index in [1.54, 1.807) is 25.2 Å². The molecule has 0 saturated heterocycles. The van der Waals surface area contributed by atoms with E-state index < -0.39 is 5.92 Å². The van der Waals surface area contributed by atoms with Gasteiger partial charge in [-0.25, -0.2) is 4.68 Å². The van der Waals surface area contributed by atoms with Crippen molar-refractivity contribution in [3.05, 3.63) is 66.0 Å². The van der Waals surface area contributed by atoms with E-state index in [4.69, 9.17) is 13.9 Å². The van der Waals surface area contributed by atoms with E-state index in [0.717, 1.165) is 11.3 Å². The number of aromatic nitrogens is 3. The highest BCUT2D eigenvalue weighted by Crippen LogP contribution is 2.44. The van der Waals surface area contributed by atoms with Crippen LogP contribution < -0.4 is 14.8 Å². The van der Waals surface area contributed by atoms with Crippen LogP contribution in [-0.2, 0) is 4.79 Å². The van der Waals surface area contributed by atoms with Crippen molar-refractivity contribution >= 4 is 11.7 Å². The van der Waals surface area contributed by atoms with Crippen LogP contribution in [0.3, 0.4) is 0 Å². The Kier molecular flexibility index (Phi) is 4.12. The van der Waals surface area contributed by atoms with Crippen molar-refractivity contribution in [1.82, 2.24) is 14.8 Å². The maximum atomic E-state index is 13.3. The lowest BCUT2D eigenvalue weighted by atomic mass is 9.77. The number of anilines is 1. The average Bonchev–Trinajstić information content (AvgIpc) is 3.43. The van der Waals surface area contributed by atoms with Gasteiger partial charge in [-0.2, -0.15) is 10.1 Å². The van der Waals surface area contributed by atoms with Crippen LogP contribution in [0.5, 0.6) is 11.5 Å². The number of ketones is 1. The topological polar surface area (TPSA) is 91.4 Å². The minimum absolute atomic E-state index is 0.0761. The molecule has 0 amide bonds. The van der Waals surface area contributed by atoms with Gasteiger partial charge in [0.1, 0.15) is 23.9 Å². The number of carbonyl (C=O) groups is 1. The van der Waals surface area contributed by atoms with Crippen LogP contribution in [0.2, 0.25) is 0 Å². The molecule has 1 N–H and O–H groups in total. The van der Waals surface area contributed by atoms with E-state index in [1.165, 1.54) is 6.33 Å². The van der Waals surface area contributed by atoms with Crippen LogP contribution in [0.4, 0.5) is 5.95 Å². The Bertz CT molecular complexity index is 1090. The fourth-order valence-corrected chi connectivity index (χ4v) is 4.22. The largest absolute Gasteiger partial charge is 0.493 e. The lowest BCUT2D eigenvalue weighted by Gasteiger charge is -2.36. The molecule has 1 aliphatic carbocycles. The first-order chi connectivity index (χ1) is 14.2. The third kappa shape index (κ3) is 2.79. The Balaban J connectivity index is 1.57. The van der Waals surface area contributed by atoms with Crippen molar-refractivity contribution in [3.63, 3.8) is 0 Å². The molecule has 29 heavy (non-hydrogen) atoms. The number of Topliss-reactive ketones (excluding diaryl/α,β-unsaturated/α-hetero) is 1. The van der Waals surface area contributed by atoms with Crippen LogP contribution in [-0.4, -0.2) is 34.8 Å². The standard InChI is InChI=1S/C21H20N4O4/c1-27-16-6-5-12(10-18(16)28-2)13-8-14-19(15(26)9-13)20(17-4-3-7-29-17)25-21(24-14)22-11-23-25/h3-8,10-11,13,19-20H,9H2,1-2H3,(H,22,23,24)/t13-,19-,20-/m1/s1. The van der Waals surface area contributed by atoms with Gasteiger partial charge in [-0.3, -0.25) is 4.79 Å². The van der Waals surface area contributed by atoms with Gasteiger partial charge in [-0.15, -0.1) is 0 Å². The monoisotopic (exact) mass is 392 g/mol. The number of hydrogen-bond donors (Lipinski definition) is 1. The minimum Gasteiger partial charge on any atom is -0.493 e. The highest BCUT2D eigenvalue weighted by Gasteiger charge is 2.44. The quantitative estimate of drug-likeness (QED) is 0.729. The molecule has 8 nitrogen and oxygen atoms in total. The van der Waals surface area contributed by atoms with Crippen molar-refractivity contribution in [2.45, 2.75) is 18.4 Å². The molecule has 0 spiro atoms. The predicted molar refractivity (Wildman–Crippen MR) is 104 cm³/mol. The minimum atomic E-state index is -0.397. The Labute approximate surface area is 167 Å². The Morgan fingerprint density at radius 1 is 1.21 bits per heavy atom. The Morgan fingerprint density at radius 2 is 2.07 bits per heavy atom. The van der Waals surface area contributed by atoms with Crippen LogP contribution >= 0.6 is 0 Å². The molecular formula is C21H20N4O4. The number of furan rings is 1. The second-order valence-electron chi connectivity index (χ2n) is 7.10. The number of allylic oxidation sites excluding steroid dienone is 2. The number of carbonyl (C=O) groups excluding carboxylic acids is 1. The molecule has 148 valence electrons. The summed E-state index contributed by atoms with van der Waals surface area (Å²) in [5.74, 6) is 2.23. The molecule has 1 aromatic carbocycles. The van der Waals surface area contributed by atoms with Gasteiger partial charge < -0.3 is 19.2 Å².